The number of aliphatic carboxylic acids is 1. The average Bonchev–Trinajstić information content (AvgIpc) is 3.08. The molecule has 0 radical (unpaired) electrons. The number of rotatable bonds is 4. The predicted octanol–water partition coefficient (Wildman–Crippen LogP) is 1.45. The van der Waals surface area contributed by atoms with Crippen molar-refractivity contribution in [2.24, 2.45) is 5.73 Å². The quantitative estimate of drug-likeness (QED) is 0.828. The Labute approximate surface area is 100 Å². The van der Waals surface area contributed by atoms with Gasteiger partial charge in [0.15, 0.2) is 0 Å². The molecule has 0 amide bonds. The fourth-order valence-corrected chi connectivity index (χ4v) is 2.43. The van der Waals surface area contributed by atoms with E-state index in [2.05, 4.69) is 0 Å². The van der Waals surface area contributed by atoms with Crippen molar-refractivity contribution in [1.82, 2.24) is 0 Å². The van der Waals surface area contributed by atoms with Crippen LogP contribution in [0.3, 0.4) is 0 Å². The number of benzene rings is 1. The maximum atomic E-state index is 11.1. The lowest BCUT2D eigenvalue weighted by atomic mass is 9.86. The first-order valence-electron chi connectivity index (χ1n) is 5.65. The molecule has 1 atom stereocenters. The van der Waals surface area contributed by atoms with Gasteiger partial charge in [0.25, 0.3) is 0 Å². The Hall–Kier alpha value is -1.55. The number of ether oxygens (including phenoxy) is 1. The van der Waals surface area contributed by atoms with Gasteiger partial charge >= 0.3 is 5.97 Å². The van der Waals surface area contributed by atoms with Gasteiger partial charge in [-0.3, -0.25) is 4.79 Å². The molecule has 1 aliphatic rings. The first-order chi connectivity index (χ1) is 8.03. The average molecular weight is 235 g/mol. The SMILES string of the molecule is COc1c(C)cccc1C1(C(N)C(=O)O)CC1. The molecule has 0 bridgehead atoms. The summed E-state index contributed by atoms with van der Waals surface area (Å²) in [5.41, 5.74) is 7.30. The monoisotopic (exact) mass is 235 g/mol. The van der Waals surface area contributed by atoms with E-state index in [9.17, 15) is 4.79 Å². The number of carbonyl (C=O) groups is 1. The van der Waals surface area contributed by atoms with Crippen LogP contribution in [0.4, 0.5) is 0 Å². The number of carboxylic acid groups (broad SMARTS) is 1. The van der Waals surface area contributed by atoms with Gasteiger partial charge in [0, 0.05) is 11.0 Å². The highest BCUT2D eigenvalue weighted by molar-refractivity contribution is 5.77. The molecule has 17 heavy (non-hydrogen) atoms. The first kappa shape index (κ1) is 11.9. The summed E-state index contributed by atoms with van der Waals surface area (Å²) in [6, 6.07) is 4.92. The minimum Gasteiger partial charge on any atom is -0.496 e. The van der Waals surface area contributed by atoms with Crippen LogP contribution in [0.5, 0.6) is 5.75 Å². The second kappa shape index (κ2) is 4.04. The highest BCUT2D eigenvalue weighted by Crippen LogP contribution is 2.53. The molecule has 1 fully saturated rings. The normalized spacial score (nSPS) is 18.5. The molecule has 2 rings (SSSR count). The smallest absolute Gasteiger partial charge is 0.321 e. The van der Waals surface area contributed by atoms with Crippen molar-refractivity contribution >= 4 is 5.97 Å². The molecule has 0 aromatic heterocycles. The maximum Gasteiger partial charge on any atom is 0.321 e. The number of aryl methyl sites for hydroxylation is 1. The fraction of sp³-hybridized carbons (Fsp3) is 0.462. The third-order valence-corrected chi connectivity index (χ3v) is 3.60. The van der Waals surface area contributed by atoms with Gasteiger partial charge in [-0.15, -0.1) is 0 Å². The molecule has 3 N–H and O–H groups in total. The predicted molar refractivity (Wildman–Crippen MR) is 64.3 cm³/mol. The first-order valence-corrected chi connectivity index (χ1v) is 5.65. The summed E-state index contributed by atoms with van der Waals surface area (Å²) in [4.78, 5) is 11.1. The molecule has 0 spiro atoms. The van der Waals surface area contributed by atoms with Gasteiger partial charge in [0.1, 0.15) is 11.8 Å². The number of carboxylic acids is 1. The highest BCUT2D eigenvalue weighted by atomic mass is 16.5. The van der Waals surface area contributed by atoms with E-state index in [0.29, 0.717) is 0 Å². The Kier molecular flexibility index (Phi) is 2.83. The molecule has 4 nitrogen and oxygen atoms in total. The Morgan fingerprint density at radius 2 is 2.18 bits per heavy atom. The van der Waals surface area contributed by atoms with Gasteiger partial charge < -0.3 is 15.6 Å². The van der Waals surface area contributed by atoms with Crippen LogP contribution in [0, 0.1) is 6.92 Å². The van der Waals surface area contributed by atoms with Gasteiger partial charge in [-0.1, -0.05) is 18.2 Å². The van der Waals surface area contributed by atoms with E-state index >= 15 is 0 Å². The Morgan fingerprint density at radius 1 is 1.53 bits per heavy atom. The van der Waals surface area contributed by atoms with E-state index in [1.54, 1.807) is 7.11 Å². The molecule has 1 aromatic rings. The van der Waals surface area contributed by atoms with Gasteiger partial charge in [-0.05, 0) is 25.3 Å². The van der Waals surface area contributed by atoms with Crippen molar-refractivity contribution in [3.05, 3.63) is 29.3 Å². The summed E-state index contributed by atoms with van der Waals surface area (Å²) in [5, 5.41) is 9.09. The van der Waals surface area contributed by atoms with Crippen LogP contribution in [-0.2, 0) is 10.2 Å². The topological polar surface area (TPSA) is 72.5 Å². The molecule has 0 saturated heterocycles. The van der Waals surface area contributed by atoms with E-state index in [-0.39, 0.29) is 0 Å². The minimum atomic E-state index is -0.953. The van der Waals surface area contributed by atoms with E-state index in [0.717, 1.165) is 29.7 Å². The molecule has 1 unspecified atom stereocenters. The fourth-order valence-electron chi connectivity index (χ4n) is 2.43. The Morgan fingerprint density at radius 3 is 2.65 bits per heavy atom. The molecule has 92 valence electrons. The second-order valence-electron chi connectivity index (χ2n) is 4.63. The van der Waals surface area contributed by atoms with E-state index in [4.69, 9.17) is 15.6 Å². The van der Waals surface area contributed by atoms with Crippen LogP contribution in [0.15, 0.2) is 18.2 Å². The Bertz CT molecular complexity index is 452. The number of nitrogens with two attached hydrogens (primary N) is 1. The molecule has 1 saturated carbocycles. The molecule has 0 heterocycles. The summed E-state index contributed by atoms with van der Waals surface area (Å²) in [5.74, 6) is -0.187. The summed E-state index contributed by atoms with van der Waals surface area (Å²) >= 11 is 0. The molecular weight excluding hydrogens is 218 g/mol. The lowest BCUT2D eigenvalue weighted by Gasteiger charge is -2.23. The Balaban J connectivity index is 2.47. The zero-order valence-electron chi connectivity index (χ0n) is 10.1. The van der Waals surface area contributed by atoms with Crippen molar-refractivity contribution < 1.29 is 14.6 Å². The van der Waals surface area contributed by atoms with Crippen LogP contribution in [0.2, 0.25) is 0 Å². The van der Waals surface area contributed by atoms with Crippen molar-refractivity contribution in [3.63, 3.8) is 0 Å². The molecule has 0 aliphatic heterocycles. The summed E-state index contributed by atoms with van der Waals surface area (Å²) in [6.45, 7) is 1.95. The third-order valence-electron chi connectivity index (χ3n) is 3.60. The lowest BCUT2D eigenvalue weighted by Crippen LogP contribution is -2.42. The zero-order chi connectivity index (χ0) is 12.6. The van der Waals surface area contributed by atoms with Crippen LogP contribution in [-0.4, -0.2) is 24.2 Å². The van der Waals surface area contributed by atoms with E-state index in [1.165, 1.54) is 0 Å². The van der Waals surface area contributed by atoms with Gasteiger partial charge in [-0.2, -0.15) is 0 Å². The van der Waals surface area contributed by atoms with Crippen molar-refractivity contribution in [3.8, 4) is 5.75 Å². The van der Waals surface area contributed by atoms with Crippen molar-refractivity contribution in [1.29, 1.82) is 0 Å². The summed E-state index contributed by atoms with van der Waals surface area (Å²) in [7, 11) is 1.61. The van der Waals surface area contributed by atoms with Gasteiger partial charge in [0.2, 0.25) is 0 Å². The minimum absolute atomic E-state index is 0.441. The van der Waals surface area contributed by atoms with E-state index in [1.807, 2.05) is 25.1 Å². The number of methoxy groups -OCH3 is 1. The summed E-state index contributed by atoms with van der Waals surface area (Å²) in [6.07, 6.45) is 1.61. The third kappa shape index (κ3) is 1.78. The number of hydrogen-bond acceptors (Lipinski definition) is 3. The largest absolute Gasteiger partial charge is 0.496 e. The van der Waals surface area contributed by atoms with Gasteiger partial charge in [-0.25, -0.2) is 0 Å². The number of hydrogen-bond donors (Lipinski definition) is 2. The van der Waals surface area contributed by atoms with Crippen LogP contribution < -0.4 is 10.5 Å². The second-order valence-corrected chi connectivity index (χ2v) is 4.63. The highest BCUT2D eigenvalue weighted by Gasteiger charge is 2.53. The van der Waals surface area contributed by atoms with Crippen molar-refractivity contribution in [2.75, 3.05) is 7.11 Å². The zero-order valence-corrected chi connectivity index (χ0v) is 10.1. The van der Waals surface area contributed by atoms with E-state index < -0.39 is 17.4 Å². The molecule has 1 aliphatic carbocycles. The van der Waals surface area contributed by atoms with Gasteiger partial charge in [0.05, 0.1) is 7.11 Å². The lowest BCUT2D eigenvalue weighted by molar-refractivity contribution is -0.139. The van der Waals surface area contributed by atoms with Crippen molar-refractivity contribution in [2.45, 2.75) is 31.2 Å². The van der Waals surface area contributed by atoms with Crippen LogP contribution in [0.25, 0.3) is 0 Å². The molecule has 1 aromatic carbocycles. The standard InChI is InChI=1S/C13H17NO3/c1-8-4-3-5-9(10(8)17-2)13(6-7-13)11(14)12(15)16/h3-5,11H,6-7,14H2,1-2H3,(H,15,16). The van der Waals surface area contributed by atoms with Crippen LogP contribution >= 0.6 is 0 Å². The molecule has 4 heteroatoms. The maximum absolute atomic E-state index is 11.1. The molecular formula is C13H17NO3. The summed E-state index contributed by atoms with van der Waals surface area (Å²) < 4.78 is 5.38. The number of para-hydroxylation sites is 1. The van der Waals surface area contributed by atoms with Crippen LogP contribution in [0.1, 0.15) is 24.0 Å².